The number of amides is 2. The smallest absolute Gasteiger partial charge is 0.306 e. The summed E-state index contributed by atoms with van der Waals surface area (Å²) in [7, 11) is 1.57. The van der Waals surface area contributed by atoms with Gasteiger partial charge in [-0.05, 0) is 80.2 Å². The number of benzene rings is 1. The fraction of sp³-hybridized carbons (Fsp3) is 0.659. The molecular formula is C44H60N4O9S. The summed E-state index contributed by atoms with van der Waals surface area (Å²) in [6.07, 6.45) is 8.91. The molecule has 58 heavy (non-hydrogen) atoms. The van der Waals surface area contributed by atoms with E-state index in [1.807, 2.05) is 37.2 Å². The number of nitrogens with one attached hydrogen (secondary N) is 1. The van der Waals surface area contributed by atoms with Crippen LogP contribution in [0.3, 0.4) is 0 Å². The fourth-order valence-corrected chi connectivity index (χ4v) is 10.8. The van der Waals surface area contributed by atoms with E-state index in [2.05, 4.69) is 25.1 Å². The number of Topliss-reactive ketones (excluding diaryl/α,β-unsaturated/α-hetero) is 1. The van der Waals surface area contributed by atoms with Crippen LogP contribution < -0.4 is 19.1 Å². The zero-order valence-electron chi connectivity index (χ0n) is 34.7. The number of carbonyl (C=O) groups excluding carboxylic acids is 4. The van der Waals surface area contributed by atoms with Crippen LogP contribution in [0.25, 0.3) is 10.9 Å². The van der Waals surface area contributed by atoms with E-state index in [1.165, 1.54) is 0 Å². The van der Waals surface area contributed by atoms with Gasteiger partial charge in [-0.1, -0.05) is 39.2 Å². The van der Waals surface area contributed by atoms with Crippen LogP contribution in [0.4, 0.5) is 5.82 Å². The summed E-state index contributed by atoms with van der Waals surface area (Å²) in [5.41, 5.74) is 0.0565. The number of rotatable bonds is 10. The van der Waals surface area contributed by atoms with Crippen LogP contribution in [0.15, 0.2) is 30.9 Å². The van der Waals surface area contributed by atoms with E-state index in [4.69, 9.17) is 19.2 Å². The van der Waals surface area contributed by atoms with E-state index in [1.54, 1.807) is 18.1 Å². The van der Waals surface area contributed by atoms with Crippen LogP contribution in [0.5, 0.6) is 11.5 Å². The molecule has 1 aromatic heterocycles. The summed E-state index contributed by atoms with van der Waals surface area (Å²) in [6, 6.07) is 4.88. The van der Waals surface area contributed by atoms with Gasteiger partial charge in [0.15, 0.2) is 5.78 Å². The Morgan fingerprint density at radius 1 is 1.09 bits per heavy atom. The Morgan fingerprint density at radius 3 is 2.48 bits per heavy atom. The topological polar surface area (TPSA) is 162 Å². The molecule has 14 heteroatoms. The van der Waals surface area contributed by atoms with Crippen LogP contribution in [-0.2, 0) is 40.4 Å². The van der Waals surface area contributed by atoms with E-state index >= 15 is 4.79 Å². The van der Waals surface area contributed by atoms with Crippen molar-refractivity contribution in [2.24, 2.45) is 28.6 Å². The highest BCUT2D eigenvalue weighted by Crippen LogP contribution is 2.57. The number of aryl methyl sites for hydroxylation is 1. The maximum Gasteiger partial charge on any atom is 0.306 e. The van der Waals surface area contributed by atoms with Crippen LogP contribution in [0.1, 0.15) is 103 Å². The average molecular weight is 821 g/mol. The summed E-state index contributed by atoms with van der Waals surface area (Å²) in [6.45, 7) is 8.31. The lowest BCUT2D eigenvalue weighted by Gasteiger charge is -2.34. The third-order valence-electron chi connectivity index (χ3n) is 13.2. The number of sulfonamides is 1. The maximum atomic E-state index is 15.0. The minimum Gasteiger partial charge on any atom is -0.496 e. The number of hydrogen-bond donors (Lipinski definition) is 1. The van der Waals surface area contributed by atoms with Crippen LogP contribution in [-0.4, -0.2) is 93.6 Å². The average Bonchev–Trinajstić information content (AvgIpc) is 4.12. The van der Waals surface area contributed by atoms with Crippen molar-refractivity contribution in [3.63, 3.8) is 0 Å². The molecule has 1 aromatic carbocycles. The molecule has 2 amide bonds. The number of ketones is 1. The van der Waals surface area contributed by atoms with Gasteiger partial charge in [-0.15, -0.1) is 6.58 Å². The number of aromatic nitrogens is 1. The van der Waals surface area contributed by atoms with Gasteiger partial charge in [0.25, 0.3) is 0 Å². The van der Waals surface area contributed by atoms with Gasteiger partial charge in [0.2, 0.25) is 21.8 Å². The minimum absolute atomic E-state index is 0.0540. The summed E-state index contributed by atoms with van der Waals surface area (Å²) in [5, 5.41) is 0.177. The van der Waals surface area contributed by atoms with Crippen LogP contribution >= 0.6 is 0 Å². The zero-order valence-corrected chi connectivity index (χ0v) is 35.5. The van der Waals surface area contributed by atoms with E-state index in [9.17, 15) is 22.8 Å². The van der Waals surface area contributed by atoms with Gasteiger partial charge in [0.1, 0.15) is 23.4 Å². The highest BCUT2D eigenvalue weighted by Gasteiger charge is 2.61. The Balaban J connectivity index is 1.27. The Labute approximate surface area is 342 Å². The van der Waals surface area contributed by atoms with Crippen molar-refractivity contribution in [3.05, 3.63) is 36.4 Å². The molecule has 1 saturated heterocycles. The molecular weight excluding hydrogens is 761 g/mol. The van der Waals surface area contributed by atoms with E-state index in [0.29, 0.717) is 42.1 Å². The lowest BCUT2D eigenvalue weighted by Crippen LogP contribution is -2.48. The number of methoxy groups -OCH3 is 1. The first-order valence-electron chi connectivity index (χ1n) is 21.1. The number of anilines is 1. The normalized spacial score (nSPS) is 28.2. The van der Waals surface area contributed by atoms with Gasteiger partial charge >= 0.3 is 5.97 Å². The molecule has 1 N–H and O–H groups in total. The number of ether oxygens (including phenoxy) is 3. The molecule has 2 aliphatic heterocycles. The highest BCUT2D eigenvalue weighted by atomic mass is 32.2. The molecule has 3 aliphatic carbocycles. The largest absolute Gasteiger partial charge is 0.496 e. The Bertz CT molecular complexity index is 2060. The third-order valence-corrected chi connectivity index (χ3v) is 15.1. The standard InChI is InChI=1S/C44H60N4O9S/c1-7-29-23-44(29,42(52)46-58(53,54)31-15-16-31)24-36(49)35-19-30-25-48(35)41(51)32(27-12-9-8-10-13-27)20-40(50)56-26-43(2,3)17-11-14-28-18-33-34(21-37(28)55-6)45-39(47(4)5)22-38(33)57-30/h7,18,21-22,27,29-32,35H,1,8-17,19-20,23-26H2,2-6H3,(H,46,52)/t29-,30-,32+,35+,44?/m1/s1. The van der Waals surface area contributed by atoms with Crippen molar-refractivity contribution in [3.8, 4) is 11.5 Å². The number of hydrogen-bond acceptors (Lipinski definition) is 11. The van der Waals surface area contributed by atoms with Gasteiger partial charge in [0.05, 0.1) is 54.8 Å². The van der Waals surface area contributed by atoms with E-state index < -0.39 is 50.6 Å². The predicted molar refractivity (Wildman–Crippen MR) is 220 cm³/mol. The molecule has 4 bridgehead atoms. The molecule has 316 valence electrons. The lowest BCUT2D eigenvalue weighted by molar-refractivity contribution is -0.154. The van der Waals surface area contributed by atoms with Gasteiger partial charge in [-0.3, -0.25) is 23.9 Å². The van der Waals surface area contributed by atoms with Crippen molar-refractivity contribution in [1.82, 2.24) is 14.6 Å². The molecule has 0 spiro atoms. The Hall–Kier alpha value is -4.20. The number of fused-ring (bicyclic) bond motifs is 3. The number of pyridine rings is 1. The molecule has 4 fully saturated rings. The molecule has 1 unspecified atom stereocenters. The summed E-state index contributed by atoms with van der Waals surface area (Å²) < 4.78 is 46.6. The lowest BCUT2D eigenvalue weighted by atomic mass is 9.77. The SMILES string of the molecule is C=C[C@@H]1CC1(CC(=O)[C@@H]1C[C@@H]2CN1C(=O)[C@H](C1CCCCC1)CC(=O)OCC(C)(C)CCCc1cc3c(cc(N(C)C)nc3cc1OC)O2)C(=O)NS(=O)(=O)C1CC1. The molecule has 7 rings (SSSR count). The second kappa shape index (κ2) is 16.5. The molecule has 2 aromatic rings. The molecule has 3 saturated carbocycles. The van der Waals surface area contributed by atoms with Gasteiger partial charge in [0, 0.05) is 44.5 Å². The number of esters is 1. The molecule has 3 heterocycles. The van der Waals surface area contributed by atoms with Gasteiger partial charge in [-0.25, -0.2) is 13.4 Å². The Morgan fingerprint density at radius 2 is 1.83 bits per heavy atom. The summed E-state index contributed by atoms with van der Waals surface area (Å²) in [5.74, 6) is -0.975. The van der Waals surface area contributed by atoms with E-state index in [0.717, 1.165) is 55.9 Å². The van der Waals surface area contributed by atoms with E-state index in [-0.39, 0.29) is 67.8 Å². The van der Waals surface area contributed by atoms with Crippen molar-refractivity contribution in [2.45, 2.75) is 121 Å². The first-order valence-corrected chi connectivity index (χ1v) is 22.6. The third kappa shape index (κ3) is 8.86. The van der Waals surface area contributed by atoms with Crippen molar-refractivity contribution in [1.29, 1.82) is 0 Å². The molecule has 5 atom stereocenters. The number of cyclic esters (lactones) is 1. The second-order valence-electron chi connectivity index (χ2n) is 18.4. The van der Waals surface area contributed by atoms with Crippen molar-refractivity contribution < 1.29 is 41.8 Å². The number of carbonyl (C=O) groups is 4. The zero-order chi connectivity index (χ0) is 41.6. The van der Waals surface area contributed by atoms with Crippen molar-refractivity contribution in [2.75, 3.05) is 39.3 Å². The van der Waals surface area contributed by atoms with Gasteiger partial charge in [-0.2, -0.15) is 0 Å². The number of allylic oxidation sites excluding steroid dienone is 1. The quantitative estimate of drug-likeness (QED) is 0.224. The maximum absolute atomic E-state index is 15.0. The van der Waals surface area contributed by atoms with Crippen LogP contribution in [0, 0.1) is 28.6 Å². The minimum atomic E-state index is -3.86. The molecule has 13 nitrogen and oxygen atoms in total. The summed E-state index contributed by atoms with van der Waals surface area (Å²) in [4.78, 5) is 65.5. The molecule has 5 aliphatic rings. The Kier molecular flexibility index (Phi) is 11.9. The molecule has 0 radical (unpaired) electrons. The monoisotopic (exact) mass is 820 g/mol. The second-order valence-corrected chi connectivity index (χ2v) is 20.4. The summed E-state index contributed by atoms with van der Waals surface area (Å²) >= 11 is 0. The van der Waals surface area contributed by atoms with Crippen molar-refractivity contribution >= 4 is 50.3 Å². The first kappa shape index (κ1) is 41.9. The number of nitrogens with zero attached hydrogens (tertiary/aromatic N) is 3. The fourth-order valence-electron chi connectivity index (χ4n) is 9.43. The predicted octanol–water partition coefficient (Wildman–Crippen LogP) is 5.91. The first-order chi connectivity index (χ1) is 27.5. The van der Waals surface area contributed by atoms with Gasteiger partial charge < -0.3 is 24.0 Å². The highest BCUT2D eigenvalue weighted by molar-refractivity contribution is 7.90. The van der Waals surface area contributed by atoms with Crippen LogP contribution in [0.2, 0.25) is 0 Å².